The maximum absolute atomic E-state index is 5.60. The lowest BCUT2D eigenvalue weighted by atomic mass is 9.90. The first-order valence-electron chi connectivity index (χ1n) is 9.45. The van der Waals surface area contributed by atoms with Gasteiger partial charge in [0.05, 0.1) is 32.1 Å². The highest BCUT2D eigenvalue weighted by Gasteiger charge is 2.10. The Balaban J connectivity index is 1.97. The summed E-state index contributed by atoms with van der Waals surface area (Å²) in [5.74, 6) is 0. The Hall–Kier alpha value is -0.980. The highest BCUT2D eigenvalue weighted by Crippen LogP contribution is 2.21. The number of nitrogens with zero attached hydrogens (tertiary/aromatic N) is 3. The van der Waals surface area contributed by atoms with Crippen LogP contribution in [-0.2, 0) is 22.6 Å². The molecular formula is C19H38N4O2. The van der Waals surface area contributed by atoms with Crippen molar-refractivity contribution in [1.82, 2.24) is 20.3 Å². The molecule has 1 aromatic heterocycles. The number of aromatic nitrogens is 3. The van der Waals surface area contributed by atoms with E-state index in [1.807, 2.05) is 10.9 Å². The average Bonchev–Trinajstić information content (AvgIpc) is 2.93. The molecule has 0 spiro atoms. The van der Waals surface area contributed by atoms with Crippen molar-refractivity contribution < 1.29 is 9.47 Å². The Morgan fingerprint density at radius 1 is 0.960 bits per heavy atom. The first kappa shape index (κ1) is 22.1. The summed E-state index contributed by atoms with van der Waals surface area (Å²) >= 11 is 0. The maximum Gasteiger partial charge on any atom is 0.0965 e. The summed E-state index contributed by atoms with van der Waals surface area (Å²) in [7, 11) is 0. The fraction of sp³-hybridized carbons (Fsp3) is 0.895. The minimum absolute atomic E-state index is 0.0830. The molecule has 0 aliphatic rings. The SMILES string of the molecule is CC(C)(C)CCCCOCCOCCn1cc(CNC(C)(C)C)nn1. The van der Waals surface area contributed by atoms with Gasteiger partial charge in [-0.25, -0.2) is 4.68 Å². The second kappa shape index (κ2) is 10.9. The smallest absolute Gasteiger partial charge is 0.0965 e. The van der Waals surface area contributed by atoms with Gasteiger partial charge in [-0.1, -0.05) is 32.4 Å². The van der Waals surface area contributed by atoms with Crippen molar-refractivity contribution in [2.45, 2.75) is 79.4 Å². The Labute approximate surface area is 153 Å². The third-order valence-corrected chi connectivity index (χ3v) is 3.69. The summed E-state index contributed by atoms with van der Waals surface area (Å²) in [6.45, 7) is 17.4. The van der Waals surface area contributed by atoms with Crippen LogP contribution in [0.3, 0.4) is 0 Å². The zero-order valence-electron chi connectivity index (χ0n) is 17.1. The quantitative estimate of drug-likeness (QED) is 0.583. The number of nitrogens with one attached hydrogen (secondary N) is 1. The zero-order chi connectivity index (χ0) is 18.8. The predicted molar refractivity (Wildman–Crippen MR) is 102 cm³/mol. The van der Waals surface area contributed by atoms with Gasteiger partial charge in [-0.3, -0.25) is 0 Å². The molecule has 0 atom stereocenters. The summed E-state index contributed by atoms with van der Waals surface area (Å²) < 4.78 is 13.0. The third-order valence-electron chi connectivity index (χ3n) is 3.69. The average molecular weight is 355 g/mol. The van der Waals surface area contributed by atoms with E-state index in [0.29, 0.717) is 31.8 Å². The van der Waals surface area contributed by atoms with E-state index in [1.54, 1.807) is 0 Å². The molecule has 0 bridgehead atoms. The largest absolute Gasteiger partial charge is 0.379 e. The fourth-order valence-electron chi connectivity index (χ4n) is 2.22. The maximum atomic E-state index is 5.60. The minimum atomic E-state index is 0.0830. The van der Waals surface area contributed by atoms with E-state index in [4.69, 9.17) is 9.47 Å². The molecular weight excluding hydrogens is 316 g/mol. The molecule has 0 aliphatic carbocycles. The van der Waals surface area contributed by atoms with Crippen LogP contribution < -0.4 is 5.32 Å². The van der Waals surface area contributed by atoms with Crippen molar-refractivity contribution in [2.24, 2.45) is 5.41 Å². The second-order valence-electron chi connectivity index (χ2n) is 8.82. The first-order chi connectivity index (χ1) is 11.7. The highest BCUT2D eigenvalue weighted by atomic mass is 16.5. The molecule has 0 saturated heterocycles. The van der Waals surface area contributed by atoms with Crippen molar-refractivity contribution in [3.8, 4) is 0 Å². The summed E-state index contributed by atoms with van der Waals surface area (Å²) in [6.07, 6.45) is 5.57. The van der Waals surface area contributed by atoms with E-state index in [0.717, 1.165) is 25.3 Å². The molecule has 0 saturated carbocycles. The van der Waals surface area contributed by atoms with E-state index in [1.165, 1.54) is 12.8 Å². The first-order valence-corrected chi connectivity index (χ1v) is 9.45. The van der Waals surface area contributed by atoms with Gasteiger partial charge in [0, 0.05) is 24.9 Å². The van der Waals surface area contributed by atoms with E-state index < -0.39 is 0 Å². The van der Waals surface area contributed by atoms with Gasteiger partial charge in [0.15, 0.2) is 0 Å². The number of unbranched alkanes of at least 4 members (excludes halogenated alkanes) is 1. The molecule has 0 aromatic carbocycles. The molecule has 0 radical (unpaired) electrons. The molecule has 1 N–H and O–H groups in total. The lowest BCUT2D eigenvalue weighted by molar-refractivity contribution is 0.0420. The number of hydrogen-bond donors (Lipinski definition) is 1. The van der Waals surface area contributed by atoms with Crippen LogP contribution in [0.5, 0.6) is 0 Å². The molecule has 0 amide bonds. The Bertz CT molecular complexity index is 461. The van der Waals surface area contributed by atoms with E-state index in [-0.39, 0.29) is 5.54 Å². The lowest BCUT2D eigenvalue weighted by Crippen LogP contribution is -2.35. The standard InChI is InChI=1S/C19H38N4O2/c1-18(2,3)9-7-8-11-24-13-14-25-12-10-23-16-17(21-22-23)15-20-19(4,5)6/h16,20H,7-15H2,1-6H3. The molecule has 0 unspecified atom stereocenters. The van der Waals surface area contributed by atoms with E-state index >= 15 is 0 Å². The molecule has 1 rings (SSSR count). The van der Waals surface area contributed by atoms with Gasteiger partial charge >= 0.3 is 0 Å². The van der Waals surface area contributed by atoms with E-state index in [2.05, 4.69) is 57.2 Å². The van der Waals surface area contributed by atoms with Crippen LogP contribution in [0.1, 0.15) is 66.5 Å². The van der Waals surface area contributed by atoms with Gasteiger partial charge in [-0.05, 0) is 39.0 Å². The van der Waals surface area contributed by atoms with Crippen LogP contribution in [0, 0.1) is 5.41 Å². The minimum Gasteiger partial charge on any atom is -0.379 e. The van der Waals surface area contributed by atoms with Gasteiger partial charge < -0.3 is 14.8 Å². The van der Waals surface area contributed by atoms with Crippen LogP contribution in [0.25, 0.3) is 0 Å². The Kier molecular flexibility index (Phi) is 9.61. The number of ether oxygens (including phenoxy) is 2. The molecule has 6 heteroatoms. The second-order valence-corrected chi connectivity index (χ2v) is 8.82. The van der Waals surface area contributed by atoms with Crippen LogP contribution in [0.2, 0.25) is 0 Å². The van der Waals surface area contributed by atoms with Crippen LogP contribution in [0.4, 0.5) is 0 Å². The van der Waals surface area contributed by atoms with Gasteiger partial charge in [-0.2, -0.15) is 0 Å². The Morgan fingerprint density at radius 3 is 2.28 bits per heavy atom. The van der Waals surface area contributed by atoms with Crippen LogP contribution in [-0.4, -0.2) is 47.0 Å². The molecule has 146 valence electrons. The fourth-order valence-corrected chi connectivity index (χ4v) is 2.22. The van der Waals surface area contributed by atoms with E-state index in [9.17, 15) is 0 Å². The number of hydrogen-bond acceptors (Lipinski definition) is 5. The van der Waals surface area contributed by atoms with Gasteiger partial charge in [0.25, 0.3) is 0 Å². The highest BCUT2D eigenvalue weighted by molar-refractivity contribution is 4.92. The molecule has 6 nitrogen and oxygen atoms in total. The lowest BCUT2D eigenvalue weighted by Gasteiger charge is -2.19. The summed E-state index contributed by atoms with van der Waals surface area (Å²) in [5.41, 5.74) is 1.46. The van der Waals surface area contributed by atoms with Gasteiger partial charge in [0.1, 0.15) is 0 Å². The third kappa shape index (κ3) is 13.0. The molecule has 25 heavy (non-hydrogen) atoms. The topological polar surface area (TPSA) is 61.2 Å². The molecule has 1 heterocycles. The molecule has 0 fully saturated rings. The van der Waals surface area contributed by atoms with Crippen molar-refractivity contribution in [1.29, 1.82) is 0 Å². The molecule has 1 aromatic rings. The van der Waals surface area contributed by atoms with Crippen LogP contribution in [0.15, 0.2) is 6.20 Å². The predicted octanol–water partition coefficient (Wildman–Crippen LogP) is 3.42. The number of rotatable bonds is 12. The molecule has 0 aliphatic heterocycles. The summed E-state index contributed by atoms with van der Waals surface area (Å²) in [5, 5.41) is 11.7. The summed E-state index contributed by atoms with van der Waals surface area (Å²) in [4.78, 5) is 0. The summed E-state index contributed by atoms with van der Waals surface area (Å²) in [6, 6.07) is 0. The van der Waals surface area contributed by atoms with Gasteiger partial charge in [-0.15, -0.1) is 5.10 Å². The van der Waals surface area contributed by atoms with Crippen molar-refractivity contribution in [3.05, 3.63) is 11.9 Å². The van der Waals surface area contributed by atoms with Crippen LogP contribution >= 0.6 is 0 Å². The van der Waals surface area contributed by atoms with Crippen molar-refractivity contribution in [2.75, 3.05) is 26.4 Å². The van der Waals surface area contributed by atoms with Crippen molar-refractivity contribution >= 4 is 0 Å². The Morgan fingerprint density at radius 2 is 1.64 bits per heavy atom. The van der Waals surface area contributed by atoms with Crippen molar-refractivity contribution in [3.63, 3.8) is 0 Å². The zero-order valence-corrected chi connectivity index (χ0v) is 17.1. The monoisotopic (exact) mass is 354 g/mol. The van der Waals surface area contributed by atoms with Gasteiger partial charge in [0.2, 0.25) is 0 Å². The normalized spacial score (nSPS) is 12.7.